The topological polar surface area (TPSA) is 96.6 Å². The summed E-state index contributed by atoms with van der Waals surface area (Å²) in [5, 5.41) is 23.6. The van der Waals surface area contributed by atoms with Crippen molar-refractivity contribution in [3.63, 3.8) is 0 Å². The number of benzene rings is 1. The minimum atomic E-state index is -1.09. The van der Waals surface area contributed by atoms with E-state index < -0.39 is 17.7 Å². The maximum atomic E-state index is 11.2. The zero-order valence-electron chi connectivity index (χ0n) is 14.7. The first-order valence-electron chi connectivity index (χ1n) is 8.20. The molecule has 1 aliphatic heterocycles. The highest BCUT2D eigenvalue weighted by Crippen LogP contribution is 2.42. The minimum absolute atomic E-state index is 0.141. The number of rotatable bonds is 6. The van der Waals surface area contributed by atoms with E-state index in [0.717, 1.165) is 0 Å². The molecule has 0 saturated carbocycles. The molecule has 0 saturated heterocycles. The number of nitrogens with one attached hydrogen (secondary N) is 1. The molecule has 0 spiro atoms. The first-order valence-corrected chi connectivity index (χ1v) is 8.20. The van der Waals surface area contributed by atoms with Gasteiger partial charge in [0, 0.05) is 26.0 Å². The molecule has 136 valence electrons. The lowest BCUT2D eigenvalue weighted by molar-refractivity contribution is -0.142. The summed E-state index contributed by atoms with van der Waals surface area (Å²) in [6, 6.07) is 12.2. The molecule has 1 aromatic carbocycles. The number of anilines is 1. The van der Waals surface area contributed by atoms with Crippen LogP contribution in [0.1, 0.15) is 17.2 Å². The van der Waals surface area contributed by atoms with Gasteiger partial charge >= 0.3 is 0 Å². The fraction of sp³-hybridized carbons (Fsp3) is 0.368. The van der Waals surface area contributed by atoms with Crippen molar-refractivity contribution in [3.05, 3.63) is 53.7 Å². The highest BCUT2D eigenvalue weighted by atomic mass is 16.6. The molecule has 7 nitrogen and oxygen atoms in total. The molecular formula is C19H21N3O4. The number of nitrogens with zero attached hydrogens (tertiary/aromatic N) is 2. The second-order valence-corrected chi connectivity index (χ2v) is 6.18. The second-order valence-electron chi connectivity index (χ2n) is 6.18. The fourth-order valence-corrected chi connectivity index (χ4v) is 3.23. The van der Waals surface area contributed by atoms with Crippen molar-refractivity contribution in [2.24, 2.45) is 0 Å². The third-order valence-electron chi connectivity index (χ3n) is 4.39. The van der Waals surface area contributed by atoms with Crippen LogP contribution in [0, 0.1) is 11.3 Å². The van der Waals surface area contributed by atoms with Crippen molar-refractivity contribution in [3.8, 4) is 11.8 Å². The molecule has 0 radical (unpaired) electrons. The zero-order valence-corrected chi connectivity index (χ0v) is 14.7. The number of nitriles is 1. The molecule has 1 aliphatic rings. The van der Waals surface area contributed by atoms with Gasteiger partial charge < -0.3 is 24.6 Å². The Morgan fingerprint density at radius 2 is 2.04 bits per heavy atom. The Morgan fingerprint density at radius 3 is 2.65 bits per heavy atom. The van der Waals surface area contributed by atoms with Crippen LogP contribution < -0.4 is 10.1 Å². The molecular weight excluding hydrogens is 334 g/mol. The van der Waals surface area contributed by atoms with E-state index in [2.05, 4.69) is 16.4 Å². The van der Waals surface area contributed by atoms with Crippen LogP contribution in [0.4, 0.5) is 5.82 Å². The third-order valence-corrected chi connectivity index (χ3v) is 4.39. The zero-order chi connectivity index (χ0) is 18.6. The molecule has 2 aromatic rings. The number of hydrogen-bond acceptors (Lipinski definition) is 7. The number of aliphatic hydroxyl groups is 1. The van der Waals surface area contributed by atoms with Crippen LogP contribution in [0.5, 0.6) is 5.75 Å². The lowest BCUT2D eigenvalue weighted by atomic mass is 9.84. The lowest BCUT2D eigenvalue weighted by Gasteiger charge is -2.45. The monoisotopic (exact) mass is 355 g/mol. The number of hydrogen-bond donors (Lipinski definition) is 2. The van der Waals surface area contributed by atoms with E-state index in [1.165, 1.54) is 0 Å². The minimum Gasteiger partial charge on any atom is -0.479 e. The van der Waals surface area contributed by atoms with Crippen molar-refractivity contribution in [1.29, 1.82) is 5.26 Å². The van der Waals surface area contributed by atoms with Crippen LogP contribution in [0.2, 0.25) is 0 Å². The average molecular weight is 355 g/mol. The summed E-state index contributed by atoms with van der Waals surface area (Å²) < 4.78 is 16.7. The molecule has 0 bridgehead atoms. The summed E-state index contributed by atoms with van der Waals surface area (Å²) in [6.07, 6.45) is 0.670. The SMILES string of the molecule is COCC1(COC)Oc2ccc(C#N)cc2[C@@H](Nc2ccccn2)[C@@H]1O. The normalized spacial score (nSPS) is 20.5. The van der Waals surface area contributed by atoms with E-state index >= 15 is 0 Å². The van der Waals surface area contributed by atoms with Crippen molar-refractivity contribution in [2.45, 2.75) is 17.7 Å². The van der Waals surface area contributed by atoms with E-state index in [1.54, 1.807) is 38.6 Å². The Bertz CT molecular complexity index is 785. The van der Waals surface area contributed by atoms with Gasteiger partial charge in [-0.3, -0.25) is 0 Å². The molecule has 7 heteroatoms. The third kappa shape index (κ3) is 3.35. The number of pyridine rings is 1. The molecule has 3 rings (SSSR count). The smallest absolute Gasteiger partial charge is 0.183 e. The van der Waals surface area contributed by atoms with E-state index in [0.29, 0.717) is 22.7 Å². The predicted molar refractivity (Wildman–Crippen MR) is 94.9 cm³/mol. The first-order chi connectivity index (χ1) is 12.6. The summed E-state index contributed by atoms with van der Waals surface area (Å²) >= 11 is 0. The summed E-state index contributed by atoms with van der Waals surface area (Å²) in [5.74, 6) is 1.17. The van der Waals surface area contributed by atoms with Gasteiger partial charge in [0.15, 0.2) is 5.60 Å². The van der Waals surface area contributed by atoms with Crippen molar-refractivity contribution >= 4 is 5.82 Å². The van der Waals surface area contributed by atoms with Gasteiger partial charge in [-0.25, -0.2) is 4.98 Å². The number of fused-ring (bicyclic) bond motifs is 1. The van der Waals surface area contributed by atoms with Crippen molar-refractivity contribution in [1.82, 2.24) is 4.98 Å². The molecule has 2 N–H and O–H groups in total. The summed E-state index contributed by atoms with van der Waals surface area (Å²) in [7, 11) is 3.09. The van der Waals surface area contributed by atoms with E-state index in [-0.39, 0.29) is 13.2 Å². The van der Waals surface area contributed by atoms with Crippen LogP contribution >= 0.6 is 0 Å². The average Bonchev–Trinajstić information content (AvgIpc) is 2.66. The molecule has 0 unspecified atom stereocenters. The van der Waals surface area contributed by atoms with Gasteiger partial charge in [0.2, 0.25) is 0 Å². The standard InChI is InChI=1S/C19H21N3O4/c1-24-11-19(12-25-2)18(23)17(22-16-5-3-4-8-21-16)14-9-13(10-20)6-7-15(14)26-19/h3-9,17-18,23H,11-12H2,1-2H3,(H,21,22)/t17-,18+/m1/s1. The largest absolute Gasteiger partial charge is 0.479 e. The van der Waals surface area contributed by atoms with Gasteiger partial charge in [-0.1, -0.05) is 6.07 Å². The van der Waals surface area contributed by atoms with E-state index in [4.69, 9.17) is 14.2 Å². The Morgan fingerprint density at radius 1 is 1.27 bits per heavy atom. The van der Waals surface area contributed by atoms with Crippen LogP contribution in [0.15, 0.2) is 42.6 Å². The number of methoxy groups -OCH3 is 2. The Hall–Kier alpha value is -2.66. The maximum Gasteiger partial charge on any atom is 0.183 e. The fourth-order valence-electron chi connectivity index (χ4n) is 3.23. The van der Waals surface area contributed by atoms with Crippen molar-refractivity contribution < 1.29 is 19.3 Å². The molecule has 26 heavy (non-hydrogen) atoms. The van der Waals surface area contributed by atoms with Gasteiger partial charge in [0.25, 0.3) is 0 Å². The van der Waals surface area contributed by atoms with Gasteiger partial charge in [0.1, 0.15) is 17.7 Å². The second kappa shape index (κ2) is 7.70. The van der Waals surface area contributed by atoms with Gasteiger partial charge in [-0.15, -0.1) is 0 Å². The highest BCUT2D eigenvalue weighted by molar-refractivity contribution is 5.50. The van der Waals surface area contributed by atoms with Gasteiger partial charge in [-0.2, -0.15) is 5.26 Å². The van der Waals surface area contributed by atoms with Gasteiger partial charge in [-0.05, 0) is 30.3 Å². The van der Waals surface area contributed by atoms with Crippen LogP contribution in [-0.4, -0.2) is 49.2 Å². The summed E-state index contributed by atoms with van der Waals surface area (Å²) in [4.78, 5) is 4.27. The molecule has 2 atom stereocenters. The van der Waals surface area contributed by atoms with Crippen LogP contribution in [0.3, 0.4) is 0 Å². The Kier molecular flexibility index (Phi) is 5.38. The quantitative estimate of drug-likeness (QED) is 0.817. The Balaban J connectivity index is 2.07. The highest BCUT2D eigenvalue weighted by Gasteiger charge is 2.50. The number of aliphatic hydroxyl groups excluding tert-OH is 1. The summed E-state index contributed by atoms with van der Waals surface area (Å²) in [6.45, 7) is 0.281. The molecule has 1 aromatic heterocycles. The maximum absolute atomic E-state index is 11.2. The lowest BCUT2D eigenvalue weighted by Crippen LogP contribution is -2.60. The Labute approximate surface area is 152 Å². The van der Waals surface area contributed by atoms with E-state index in [1.807, 2.05) is 18.2 Å². The van der Waals surface area contributed by atoms with Crippen molar-refractivity contribution in [2.75, 3.05) is 32.8 Å². The van der Waals surface area contributed by atoms with E-state index in [9.17, 15) is 10.4 Å². The molecule has 0 amide bonds. The van der Waals surface area contributed by atoms with Crippen LogP contribution in [0.25, 0.3) is 0 Å². The summed E-state index contributed by atoms with van der Waals surface area (Å²) in [5.41, 5.74) is 0.0836. The molecule has 0 fully saturated rings. The predicted octanol–water partition coefficient (Wildman–Crippen LogP) is 1.89. The van der Waals surface area contributed by atoms with Crippen LogP contribution in [-0.2, 0) is 9.47 Å². The molecule has 2 heterocycles. The molecule has 0 aliphatic carbocycles. The number of ether oxygens (including phenoxy) is 3. The van der Waals surface area contributed by atoms with Gasteiger partial charge in [0.05, 0.1) is 30.9 Å². The number of aromatic nitrogens is 1. The first kappa shape index (κ1) is 18.1.